The average molecular weight is 450 g/mol. The van der Waals surface area contributed by atoms with Crippen LogP contribution >= 0.6 is 0 Å². The molecule has 1 N–H and O–H groups in total. The van der Waals surface area contributed by atoms with Gasteiger partial charge in [-0.05, 0) is 31.2 Å². The third-order valence-corrected chi connectivity index (χ3v) is 5.08. The summed E-state index contributed by atoms with van der Waals surface area (Å²) in [4.78, 5) is 36.9. The second-order valence-corrected chi connectivity index (χ2v) is 8.93. The number of aromatic nitrogens is 2. The number of nitrogens with zero attached hydrogens (tertiary/aromatic N) is 4. The number of aryl methyl sites for hydroxylation is 1. The van der Waals surface area contributed by atoms with Crippen molar-refractivity contribution in [3.8, 4) is 5.69 Å². The van der Waals surface area contributed by atoms with E-state index in [0.29, 0.717) is 5.82 Å². The Hall–Kier alpha value is -4.01. The van der Waals surface area contributed by atoms with Gasteiger partial charge < -0.3 is 10.2 Å². The lowest BCUT2D eigenvalue weighted by atomic mass is 9.92. The van der Waals surface area contributed by atoms with Crippen LogP contribution in [0.4, 0.5) is 11.5 Å². The van der Waals surface area contributed by atoms with E-state index in [1.165, 1.54) is 36.2 Å². The number of amides is 2. The molecule has 3 rings (SSSR count). The lowest BCUT2D eigenvalue weighted by Crippen LogP contribution is -2.35. The van der Waals surface area contributed by atoms with Crippen molar-refractivity contribution >= 4 is 23.3 Å². The molecule has 0 saturated carbocycles. The van der Waals surface area contributed by atoms with E-state index in [9.17, 15) is 19.7 Å². The predicted molar refractivity (Wildman–Crippen MR) is 126 cm³/mol. The van der Waals surface area contributed by atoms with Gasteiger partial charge in [-0.3, -0.25) is 19.7 Å². The van der Waals surface area contributed by atoms with Crippen LogP contribution < -0.4 is 5.32 Å². The van der Waals surface area contributed by atoms with Crippen molar-refractivity contribution in [3.63, 3.8) is 0 Å². The number of nitro groups is 1. The van der Waals surface area contributed by atoms with Gasteiger partial charge in [-0.1, -0.05) is 38.5 Å². The largest absolute Gasteiger partial charge is 0.332 e. The first-order chi connectivity index (χ1) is 15.5. The van der Waals surface area contributed by atoms with Gasteiger partial charge in [0.15, 0.2) is 0 Å². The van der Waals surface area contributed by atoms with Gasteiger partial charge in [0.1, 0.15) is 5.82 Å². The number of carbonyl (C=O) groups excluding carboxylic acids is 2. The Kier molecular flexibility index (Phi) is 6.62. The first-order valence-electron chi connectivity index (χ1n) is 10.4. The van der Waals surface area contributed by atoms with Gasteiger partial charge >= 0.3 is 0 Å². The molecule has 9 nitrogen and oxygen atoms in total. The van der Waals surface area contributed by atoms with Crippen molar-refractivity contribution in [2.45, 2.75) is 33.1 Å². The number of hydrogen-bond acceptors (Lipinski definition) is 5. The maximum atomic E-state index is 12.8. The van der Waals surface area contributed by atoms with Crippen LogP contribution in [-0.4, -0.2) is 45.0 Å². The van der Waals surface area contributed by atoms with Crippen LogP contribution in [0.1, 0.15) is 42.4 Å². The summed E-state index contributed by atoms with van der Waals surface area (Å²) >= 11 is 0. The van der Waals surface area contributed by atoms with E-state index in [-0.39, 0.29) is 29.1 Å². The minimum atomic E-state index is -0.533. The van der Waals surface area contributed by atoms with Gasteiger partial charge in [-0.2, -0.15) is 5.10 Å². The Bertz CT molecular complexity index is 1180. The molecule has 9 heteroatoms. The fourth-order valence-corrected chi connectivity index (χ4v) is 3.14. The standard InChI is InChI=1S/C24H27N5O4/c1-16-6-10-18(11-7-16)28-21(14-20(26-28)24(2,3)4)25-22(30)15-27(5)23(31)17-8-12-19(13-9-17)29(32)33/h6-14H,15H2,1-5H3,(H,25,30). The summed E-state index contributed by atoms with van der Waals surface area (Å²) in [6.45, 7) is 7.92. The molecule has 0 radical (unpaired) electrons. The Balaban J connectivity index is 1.77. The zero-order valence-electron chi connectivity index (χ0n) is 19.3. The molecular weight excluding hydrogens is 422 g/mol. The molecule has 0 bridgehead atoms. The third kappa shape index (κ3) is 5.62. The number of non-ortho nitro benzene ring substituents is 1. The molecule has 1 heterocycles. The highest BCUT2D eigenvalue weighted by Gasteiger charge is 2.22. The van der Waals surface area contributed by atoms with Crippen LogP contribution in [0, 0.1) is 17.0 Å². The van der Waals surface area contributed by atoms with E-state index in [0.717, 1.165) is 16.9 Å². The molecule has 0 fully saturated rings. The van der Waals surface area contributed by atoms with Crippen LogP contribution in [0.5, 0.6) is 0 Å². The second kappa shape index (κ2) is 9.23. The van der Waals surface area contributed by atoms with Gasteiger partial charge in [0, 0.05) is 36.2 Å². The SMILES string of the molecule is Cc1ccc(-n2nc(C(C)(C)C)cc2NC(=O)CN(C)C(=O)c2ccc([N+](=O)[O-])cc2)cc1. The quantitative estimate of drug-likeness (QED) is 0.450. The average Bonchev–Trinajstić information content (AvgIpc) is 3.17. The van der Waals surface area contributed by atoms with Crippen molar-refractivity contribution in [1.29, 1.82) is 0 Å². The molecule has 0 spiro atoms. The minimum absolute atomic E-state index is 0.106. The van der Waals surface area contributed by atoms with Gasteiger partial charge in [-0.25, -0.2) is 4.68 Å². The lowest BCUT2D eigenvalue weighted by molar-refractivity contribution is -0.384. The Labute approximate surface area is 192 Å². The Morgan fingerprint density at radius 2 is 1.70 bits per heavy atom. The molecule has 0 aliphatic heterocycles. The number of anilines is 1. The van der Waals surface area contributed by atoms with Crippen molar-refractivity contribution in [2.24, 2.45) is 0 Å². The van der Waals surface area contributed by atoms with Crippen LogP contribution in [0.3, 0.4) is 0 Å². The first-order valence-corrected chi connectivity index (χ1v) is 10.4. The fraction of sp³-hybridized carbons (Fsp3) is 0.292. The number of likely N-dealkylation sites (N-methyl/N-ethyl adjacent to an activating group) is 1. The number of rotatable bonds is 6. The monoisotopic (exact) mass is 449 g/mol. The van der Waals surface area contributed by atoms with E-state index in [1.807, 2.05) is 58.0 Å². The molecule has 2 aromatic carbocycles. The molecule has 0 saturated heterocycles. The number of benzene rings is 2. The van der Waals surface area contributed by atoms with Crippen LogP contribution in [0.15, 0.2) is 54.6 Å². The Morgan fingerprint density at radius 3 is 2.24 bits per heavy atom. The summed E-state index contributed by atoms with van der Waals surface area (Å²) in [5, 5.41) is 18.3. The van der Waals surface area contributed by atoms with Crippen molar-refractivity contribution in [3.05, 3.63) is 81.5 Å². The summed E-state index contributed by atoms with van der Waals surface area (Å²) in [7, 11) is 1.50. The number of hydrogen-bond donors (Lipinski definition) is 1. The van der Waals surface area contributed by atoms with Gasteiger partial charge in [-0.15, -0.1) is 0 Å². The molecule has 0 atom stereocenters. The molecule has 0 aliphatic carbocycles. The molecule has 0 aliphatic rings. The van der Waals surface area contributed by atoms with E-state index < -0.39 is 10.8 Å². The first kappa shape index (κ1) is 23.6. The predicted octanol–water partition coefficient (Wildman–Crippen LogP) is 4.10. The number of carbonyl (C=O) groups is 2. The highest BCUT2D eigenvalue weighted by atomic mass is 16.6. The second-order valence-electron chi connectivity index (χ2n) is 8.93. The van der Waals surface area contributed by atoms with Crippen molar-refractivity contribution < 1.29 is 14.5 Å². The normalized spacial score (nSPS) is 11.2. The molecule has 1 aromatic heterocycles. The molecule has 0 unspecified atom stereocenters. The lowest BCUT2D eigenvalue weighted by Gasteiger charge is -2.17. The van der Waals surface area contributed by atoms with Crippen LogP contribution in [-0.2, 0) is 10.2 Å². The third-order valence-electron chi connectivity index (χ3n) is 5.08. The highest BCUT2D eigenvalue weighted by molar-refractivity contribution is 5.99. The summed E-state index contributed by atoms with van der Waals surface area (Å²) in [5.41, 5.74) is 2.66. The molecule has 2 amide bonds. The zero-order valence-corrected chi connectivity index (χ0v) is 19.3. The van der Waals surface area contributed by atoms with E-state index >= 15 is 0 Å². The molecular formula is C24H27N5O4. The van der Waals surface area contributed by atoms with E-state index in [4.69, 9.17) is 0 Å². The van der Waals surface area contributed by atoms with Crippen LogP contribution in [0.25, 0.3) is 5.69 Å². The summed E-state index contributed by atoms with van der Waals surface area (Å²) in [5.74, 6) is -0.297. The maximum Gasteiger partial charge on any atom is 0.269 e. The van der Waals surface area contributed by atoms with Gasteiger partial charge in [0.25, 0.3) is 11.6 Å². The summed E-state index contributed by atoms with van der Waals surface area (Å²) in [6.07, 6.45) is 0. The zero-order chi connectivity index (χ0) is 24.3. The van der Waals surface area contributed by atoms with E-state index in [2.05, 4.69) is 10.4 Å². The Morgan fingerprint density at radius 1 is 1.09 bits per heavy atom. The minimum Gasteiger partial charge on any atom is -0.332 e. The van der Waals surface area contributed by atoms with Crippen LogP contribution in [0.2, 0.25) is 0 Å². The molecule has 172 valence electrons. The van der Waals surface area contributed by atoms with Crippen molar-refractivity contribution in [2.75, 3.05) is 18.9 Å². The van der Waals surface area contributed by atoms with Gasteiger partial charge in [0.05, 0.1) is 22.8 Å². The smallest absolute Gasteiger partial charge is 0.269 e. The fourth-order valence-electron chi connectivity index (χ4n) is 3.14. The summed E-state index contributed by atoms with van der Waals surface area (Å²) < 4.78 is 1.68. The summed E-state index contributed by atoms with van der Waals surface area (Å²) in [6, 6.07) is 14.9. The highest BCUT2D eigenvalue weighted by Crippen LogP contribution is 2.26. The van der Waals surface area contributed by atoms with Gasteiger partial charge in [0.2, 0.25) is 5.91 Å². The number of nitro benzene ring substituents is 1. The molecule has 3 aromatic rings. The molecule has 33 heavy (non-hydrogen) atoms. The topological polar surface area (TPSA) is 110 Å². The number of nitrogens with one attached hydrogen (secondary N) is 1. The van der Waals surface area contributed by atoms with Crippen molar-refractivity contribution in [1.82, 2.24) is 14.7 Å². The maximum absolute atomic E-state index is 12.8. The van der Waals surface area contributed by atoms with E-state index in [1.54, 1.807) is 4.68 Å².